The molecule has 2 rings (SSSR count). The number of sulfonamides is 1. The molecule has 0 radical (unpaired) electrons. The molecular formula is C14H12BrClFNO2S. The third-order valence-electron chi connectivity index (χ3n) is 2.80. The highest BCUT2D eigenvalue weighted by molar-refractivity contribution is 9.10. The number of benzene rings is 2. The van der Waals surface area contributed by atoms with Crippen LogP contribution in [0.25, 0.3) is 0 Å². The molecule has 0 saturated heterocycles. The Hall–Kier alpha value is -0.950. The topological polar surface area (TPSA) is 46.2 Å². The quantitative estimate of drug-likeness (QED) is 0.786. The Bertz CT molecular complexity index is 725. The van der Waals surface area contributed by atoms with Crippen LogP contribution in [0.15, 0.2) is 57.9 Å². The molecule has 0 aliphatic heterocycles. The molecule has 0 saturated carbocycles. The van der Waals surface area contributed by atoms with Crippen molar-refractivity contribution in [1.82, 2.24) is 4.72 Å². The number of alkyl halides is 1. The van der Waals surface area contributed by atoms with E-state index in [4.69, 9.17) is 11.6 Å². The van der Waals surface area contributed by atoms with Crippen molar-refractivity contribution in [3.05, 3.63) is 64.4 Å². The minimum atomic E-state index is -3.94. The zero-order valence-corrected chi connectivity index (χ0v) is 13.9. The van der Waals surface area contributed by atoms with Crippen LogP contribution in [0, 0.1) is 5.82 Å². The van der Waals surface area contributed by atoms with Crippen LogP contribution >= 0.6 is 27.5 Å². The Balaban J connectivity index is 2.11. The fraction of sp³-hybridized carbons (Fsp3) is 0.143. The van der Waals surface area contributed by atoms with E-state index in [2.05, 4.69) is 20.7 Å². The molecule has 112 valence electrons. The average molecular weight is 393 g/mol. The molecule has 21 heavy (non-hydrogen) atoms. The Morgan fingerprint density at radius 1 is 1.19 bits per heavy atom. The number of rotatable bonds is 5. The van der Waals surface area contributed by atoms with Gasteiger partial charge in [-0.15, -0.1) is 11.6 Å². The molecule has 0 aromatic heterocycles. The minimum Gasteiger partial charge on any atom is -0.209 e. The van der Waals surface area contributed by atoms with Gasteiger partial charge in [-0.2, -0.15) is 0 Å². The first kappa shape index (κ1) is 16.4. The van der Waals surface area contributed by atoms with Crippen molar-refractivity contribution < 1.29 is 12.8 Å². The van der Waals surface area contributed by atoms with E-state index in [1.165, 1.54) is 12.1 Å². The molecule has 1 unspecified atom stereocenters. The van der Waals surface area contributed by atoms with E-state index < -0.39 is 26.1 Å². The molecule has 2 aromatic rings. The van der Waals surface area contributed by atoms with Crippen molar-refractivity contribution in [1.29, 1.82) is 0 Å². The first-order valence-corrected chi connectivity index (χ1v) is 8.75. The second-order valence-corrected chi connectivity index (χ2v) is 7.48. The molecular weight excluding hydrogens is 381 g/mol. The van der Waals surface area contributed by atoms with Gasteiger partial charge in [0.05, 0.1) is 5.38 Å². The largest absolute Gasteiger partial charge is 0.243 e. The van der Waals surface area contributed by atoms with Crippen LogP contribution < -0.4 is 4.72 Å². The van der Waals surface area contributed by atoms with Crippen molar-refractivity contribution in [3.8, 4) is 0 Å². The van der Waals surface area contributed by atoms with Crippen LogP contribution in [0.4, 0.5) is 4.39 Å². The van der Waals surface area contributed by atoms with Crippen molar-refractivity contribution in [3.63, 3.8) is 0 Å². The van der Waals surface area contributed by atoms with Crippen LogP contribution in [0.5, 0.6) is 0 Å². The monoisotopic (exact) mass is 391 g/mol. The summed E-state index contributed by atoms with van der Waals surface area (Å²) in [7, 11) is -3.94. The van der Waals surface area contributed by atoms with Gasteiger partial charge in [0.1, 0.15) is 10.7 Å². The fourth-order valence-electron chi connectivity index (χ4n) is 1.73. The third-order valence-corrected chi connectivity index (χ3v) is 5.15. The Labute approximate surface area is 136 Å². The van der Waals surface area contributed by atoms with Gasteiger partial charge in [0.2, 0.25) is 10.0 Å². The molecule has 1 atom stereocenters. The molecule has 2 aromatic carbocycles. The standard InChI is InChI=1S/C14H12BrClFNO2S/c15-11-6-7-14(13(17)8-11)21(19,20)18-9-12(16)10-4-2-1-3-5-10/h1-8,12,18H,9H2. The molecule has 0 heterocycles. The molecule has 7 heteroatoms. The van der Waals surface area contributed by atoms with Crippen LogP contribution in [-0.2, 0) is 10.0 Å². The highest BCUT2D eigenvalue weighted by atomic mass is 79.9. The smallest absolute Gasteiger partial charge is 0.209 e. The van der Waals surface area contributed by atoms with Crippen LogP contribution in [0.2, 0.25) is 0 Å². The van der Waals surface area contributed by atoms with E-state index in [-0.39, 0.29) is 6.54 Å². The van der Waals surface area contributed by atoms with Gasteiger partial charge in [0, 0.05) is 11.0 Å². The summed E-state index contributed by atoms with van der Waals surface area (Å²) in [6.07, 6.45) is 0. The SMILES string of the molecule is O=S(=O)(NCC(Cl)c1ccccc1)c1ccc(Br)cc1F. The Kier molecular flexibility index (Phi) is 5.37. The first-order chi connectivity index (χ1) is 9.90. The lowest BCUT2D eigenvalue weighted by Crippen LogP contribution is -2.27. The lowest BCUT2D eigenvalue weighted by atomic mass is 10.1. The van der Waals surface area contributed by atoms with E-state index in [0.717, 1.165) is 11.6 Å². The van der Waals surface area contributed by atoms with Crippen molar-refractivity contribution >= 4 is 37.6 Å². The summed E-state index contributed by atoms with van der Waals surface area (Å²) in [6.45, 7) is -0.0244. The zero-order valence-electron chi connectivity index (χ0n) is 10.8. The fourth-order valence-corrected chi connectivity index (χ4v) is 3.49. The normalized spacial score (nSPS) is 13.1. The van der Waals surface area contributed by atoms with Gasteiger partial charge in [0.15, 0.2) is 0 Å². The number of hydrogen-bond acceptors (Lipinski definition) is 2. The van der Waals surface area contributed by atoms with Crippen molar-refractivity contribution in [2.24, 2.45) is 0 Å². The van der Waals surface area contributed by atoms with Crippen molar-refractivity contribution in [2.75, 3.05) is 6.54 Å². The molecule has 0 aliphatic rings. The molecule has 0 aliphatic carbocycles. The first-order valence-electron chi connectivity index (χ1n) is 6.04. The van der Waals surface area contributed by atoms with Crippen molar-refractivity contribution in [2.45, 2.75) is 10.3 Å². The second-order valence-electron chi connectivity index (χ2n) is 4.30. The number of halogens is 3. The molecule has 1 N–H and O–H groups in total. The summed E-state index contributed by atoms with van der Waals surface area (Å²) in [4.78, 5) is -0.400. The highest BCUT2D eigenvalue weighted by Crippen LogP contribution is 2.22. The van der Waals surface area contributed by atoms with E-state index >= 15 is 0 Å². The summed E-state index contributed by atoms with van der Waals surface area (Å²) >= 11 is 9.22. The minimum absolute atomic E-state index is 0.0244. The summed E-state index contributed by atoms with van der Waals surface area (Å²) in [6, 6.07) is 12.8. The summed E-state index contributed by atoms with van der Waals surface area (Å²) in [5, 5.41) is -0.528. The van der Waals surface area contributed by atoms with E-state index in [9.17, 15) is 12.8 Å². The van der Waals surface area contributed by atoms with Gasteiger partial charge in [-0.05, 0) is 23.8 Å². The Morgan fingerprint density at radius 2 is 1.86 bits per heavy atom. The molecule has 0 amide bonds. The summed E-state index contributed by atoms with van der Waals surface area (Å²) in [5.41, 5.74) is 0.790. The average Bonchev–Trinajstić information content (AvgIpc) is 2.45. The van der Waals surface area contributed by atoms with Gasteiger partial charge >= 0.3 is 0 Å². The van der Waals surface area contributed by atoms with E-state index in [1.807, 2.05) is 18.2 Å². The highest BCUT2D eigenvalue weighted by Gasteiger charge is 2.20. The lowest BCUT2D eigenvalue weighted by Gasteiger charge is -2.12. The number of hydrogen-bond donors (Lipinski definition) is 1. The van der Waals surface area contributed by atoms with Crippen LogP contribution in [-0.4, -0.2) is 15.0 Å². The predicted molar refractivity (Wildman–Crippen MR) is 84.3 cm³/mol. The van der Waals surface area contributed by atoms with E-state index in [1.54, 1.807) is 12.1 Å². The second kappa shape index (κ2) is 6.87. The third kappa shape index (κ3) is 4.26. The van der Waals surface area contributed by atoms with Crippen LogP contribution in [0.1, 0.15) is 10.9 Å². The molecule has 3 nitrogen and oxygen atoms in total. The van der Waals surface area contributed by atoms with E-state index in [0.29, 0.717) is 4.47 Å². The summed E-state index contributed by atoms with van der Waals surface area (Å²) in [5.74, 6) is -0.817. The van der Waals surface area contributed by atoms with Crippen LogP contribution in [0.3, 0.4) is 0 Å². The summed E-state index contributed by atoms with van der Waals surface area (Å²) < 4.78 is 40.7. The Morgan fingerprint density at radius 3 is 2.48 bits per heavy atom. The van der Waals surface area contributed by atoms with Gasteiger partial charge in [0.25, 0.3) is 0 Å². The number of nitrogens with one attached hydrogen (secondary N) is 1. The van der Waals surface area contributed by atoms with Gasteiger partial charge in [-0.3, -0.25) is 0 Å². The maximum absolute atomic E-state index is 13.7. The van der Waals surface area contributed by atoms with Gasteiger partial charge in [-0.1, -0.05) is 46.3 Å². The predicted octanol–water partition coefficient (Wildman–Crippen LogP) is 3.85. The zero-order chi connectivity index (χ0) is 15.5. The maximum Gasteiger partial charge on any atom is 0.243 e. The lowest BCUT2D eigenvalue weighted by molar-refractivity contribution is 0.556. The van der Waals surface area contributed by atoms with Gasteiger partial charge < -0.3 is 0 Å². The van der Waals surface area contributed by atoms with Gasteiger partial charge in [-0.25, -0.2) is 17.5 Å². The molecule has 0 fully saturated rings. The molecule has 0 spiro atoms. The molecule has 0 bridgehead atoms. The maximum atomic E-state index is 13.7.